The second-order valence-corrected chi connectivity index (χ2v) is 9.22. The molecule has 0 aliphatic heterocycles. The lowest BCUT2D eigenvalue weighted by atomic mass is 10.1. The van der Waals surface area contributed by atoms with Crippen LogP contribution in [0.2, 0.25) is 15.1 Å². The van der Waals surface area contributed by atoms with Gasteiger partial charge in [-0.3, -0.25) is 10.1 Å². The highest BCUT2D eigenvalue weighted by atomic mass is 35.5. The molecule has 0 unspecified atom stereocenters. The van der Waals surface area contributed by atoms with Gasteiger partial charge in [-0.05, 0) is 54.1 Å². The van der Waals surface area contributed by atoms with Crippen LogP contribution in [0.5, 0.6) is 0 Å². The number of carbonyl (C=O) groups is 1. The molecular weight excluding hydrogens is 520 g/mol. The maximum Gasteiger partial charge on any atom is 0.416 e. The topological polar surface area (TPSA) is 55.1 Å². The highest BCUT2D eigenvalue weighted by Gasteiger charge is 2.31. The van der Waals surface area contributed by atoms with Crippen LogP contribution in [0.4, 0.5) is 18.3 Å². The number of aromatic nitrogens is 1. The number of alkyl halides is 3. The van der Waals surface area contributed by atoms with Crippen molar-refractivity contribution in [3.05, 3.63) is 91.6 Å². The van der Waals surface area contributed by atoms with E-state index >= 15 is 0 Å². The first-order valence-corrected chi connectivity index (χ1v) is 11.2. The van der Waals surface area contributed by atoms with Crippen molar-refractivity contribution in [2.75, 3.05) is 5.32 Å². The summed E-state index contributed by atoms with van der Waals surface area (Å²) in [5, 5.41) is 4.12. The number of halogens is 6. The summed E-state index contributed by atoms with van der Waals surface area (Å²) >= 11 is 19.5. The van der Waals surface area contributed by atoms with Crippen LogP contribution in [0.1, 0.15) is 26.6 Å². The molecule has 11 heteroatoms. The zero-order chi connectivity index (χ0) is 23.8. The fourth-order valence-corrected chi connectivity index (χ4v) is 4.39. The van der Waals surface area contributed by atoms with Crippen molar-refractivity contribution in [2.45, 2.75) is 12.6 Å². The minimum absolute atomic E-state index is 0.0282. The average molecular weight is 532 g/mol. The van der Waals surface area contributed by atoms with E-state index in [1.165, 1.54) is 23.5 Å². The van der Waals surface area contributed by atoms with Gasteiger partial charge in [-0.1, -0.05) is 34.8 Å². The Morgan fingerprint density at radius 1 is 1.03 bits per heavy atom. The molecule has 0 saturated carbocycles. The number of furan rings is 1. The fourth-order valence-electron chi connectivity index (χ4n) is 2.97. The first-order valence-electron chi connectivity index (χ1n) is 9.27. The van der Waals surface area contributed by atoms with E-state index in [9.17, 15) is 18.0 Å². The van der Waals surface area contributed by atoms with E-state index in [0.717, 1.165) is 28.6 Å². The highest BCUT2D eigenvalue weighted by molar-refractivity contribution is 7.15. The Kier molecular flexibility index (Phi) is 6.72. The molecule has 2 heterocycles. The number of nitrogens with zero attached hydrogens (tertiary/aromatic N) is 1. The van der Waals surface area contributed by atoms with Gasteiger partial charge in [-0.25, -0.2) is 4.98 Å². The van der Waals surface area contributed by atoms with Crippen LogP contribution >= 0.6 is 46.1 Å². The molecule has 0 radical (unpaired) electrons. The van der Waals surface area contributed by atoms with Crippen LogP contribution in [-0.4, -0.2) is 10.9 Å². The van der Waals surface area contributed by atoms with Gasteiger partial charge < -0.3 is 4.42 Å². The predicted molar refractivity (Wildman–Crippen MR) is 123 cm³/mol. The molecule has 0 saturated heterocycles. The van der Waals surface area contributed by atoms with Crippen molar-refractivity contribution in [3.63, 3.8) is 0 Å². The lowest BCUT2D eigenvalue weighted by molar-refractivity contribution is -0.137. The van der Waals surface area contributed by atoms with E-state index in [-0.39, 0.29) is 22.1 Å². The number of rotatable bonds is 5. The van der Waals surface area contributed by atoms with Crippen LogP contribution in [0.25, 0.3) is 11.3 Å². The number of nitrogens with one attached hydrogen (secondary N) is 1. The zero-order valence-corrected chi connectivity index (χ0v) is 19.4. The first kappa shape index (κ1) is 23.6. The van der Waals surface area contributed by atoms with E-state index in [1.807, 2.05) is 0 Å². The van der Waals surface area contributed by atoms with E-state index in [1.54, 1.807) is 24.4 Å². The van der Waals surface area contributed by atoms with Gasteiger partial charge in [0.15, 0.2) is 10.9 Å². The molecule has 2 aromatic carbocycles. The summed E-state index contributed by atoms with van der Waals surface area (Å²) in [6.07, 6.45) is -2.46. The van der Waals surface area contributed by atoms with Crippen molar-refractivity contribution in [1.82, 2.24) is 4.98 Å². The summed E-state index contributed by atoms with van der Waals surface area (Å²) in [6.45, 7) is 0. The van der Waals surface area contributed by atoms with Crippen molar-refractivity contribution in [3.8, 4) is 11.3 Å². The third-order valence-electron chi connectivity index (χ3n) is 4.54. The highest BCUT2D eigenvalue weighted by Crippen LogP contribution is 2.36. The smallest absolute Gasteiger partial charge is 0.416 e. The second-order valence-electron chi connectivity index (χ2n) is 6.85. The Morgan fingerprint density at radius 3 is 2.55 bits per heavy atom. The minimum atomic E-state index is -4.54. The standard InChI is InChI=1S/C22H12Cl3F3N2O2S/c23-13-2-4-16(24)11(7-13)8-14-10-29-21(33-14)30-20(31)19-6-5-18(32-19)15-9-12(22(26,27)28)1-3-17(15)25/h1-7,9-10H,8H2,(H,29,30,31). The number of hydrogen-bond donors (Lipinski definition) is 1. The van der Waals surface area contributed by atoms with Crippen molar-refractivity contribution >= 4 is 57.2 Å². The van der Waals surface area contributed by atoms with E-state index in [4.69, 9.17) is 39.2 Å². The van der Waals surface area contributed by atoms with Gasteiger partial charge in [-0.15, -0.1) is 11.3 Å². The van der Waals surface area contributed by atoms with Crippen molar-refractivity contribution in [1.29, 1.82) is 0 Å². The van der Waals surface area contributed by atoms with Crippen LogP contribution in [0, 0.1) is 0 Å². The molecule has 0 aliphatic carbocycles. The number of anilines is 1. The van der Waals surface area contributed by atoms with Crippen molar-refractivity contribution < 1.29 is 22.4 Å². The Hall–Kier alpha value is -2.52. The Labute approximate surface area is 204 Å². The average Bonchev–Trinajstić information content (AvgIpc) is 3.40. The summed E-state index contributed by atoms with van der Waals surface area (Å²) in [4.78, 5) is 17.6. The lowest BCUT2D eigenvalue weighted by Gasteiger charge is -2.09. The number of hydrogen-bond acceptors (Lipinski definition) is 4. The molecule has 0 aliphatic rings. The molecule has 0 fully saturated rings. The molecule has 4 rings (SSSR count). The summed E-state index contributed by atoms with van der Waals surface area (Å²) in [7, 11) is 0. The minimum Gasteiger partial charge on any atom is -0.451 e. The Bertz CT molecular complexity index is 1330. The maximum absolute atomic E-state index is 13.0. The van der Waals surface area contributed by atoms with Gasteiger partial charge in [0.1, 0.15) is 5.76 Å². The lowest BCUT2D eigenvalue weighted by Crippen LogP contribution is -2.10. The number of amides is 1. The number of carbonyl (C=O) groups excluding carboxylic acids is 1. The molecule has 0 spiro atoms. The van der Waals surface area contributed by atoms with Gasteiger partial charge in [-0.2, -0.15) is 13.2 Å². The largest absolute Gasteiger partial charge is 0.451 e. The quantitative estimate of drug-likeness (QED) is 0.282. The first-order chi connectivity index (χ1) is 15.6. The van der Waals surface area contributed by atoms with Gasteiger partial charge in [0, 0.05) is 33.1 Å². The maximum atomic E-state index is 13.0. The van der Waals surface area contributed by atoms with Gasteiger partial charge >= 0.3 is 6.18 Å². The molecule has 1 N–H and O–H groups in total. The van der Waals surface area contributed by atoms with Crippen LogP contribution in [0.15, 0.2) is 59.1 Å². The third kappa shape index (κ3) is 5.52. The monoisotopic (exact) mass is 530 g/mol. The zero-order valence-electron chi connectivity index (χ0n) is 16.3. The summed E-state index contributed by atoms with van der Waals surface area (Å²) in [6, 6.07) is 10.8. The van der Waals surface area contributed by atoms with E-state index in [2.05, 4.69) is 10.3 Å². The Balaban J connectivity index is 1.48. The SMILES string of the molecule is O=C(Nc1ncc(Cc2cc(Cl)ccc2Cl)s1)c1ccc(-c2cc(C(F)(F)F)ccc2Cl)o1. The molecule has 4 nitrogen and oxygen atoms in total. The van der Waals surface area contributed by atoms with Crippen LogP contribution in [0.3, 0.4) is 0 Å². The molecule has 2 aromatic heterocycles. The fraction of sp³-hybridized carbons (Fsp3) is 0.0909. The van der Waals surface area contributed by atoms with Gasteiger partial charge in [0.05, 0.1) is 10.6 Å². The molecule has 33 heavy (non-hydrogen) atoms. The molecule has 0 atom stereocenters. The van der Waals surface area contributed by atoms with E-state index < -0.39 is 17.6 Å². The van der Waals surface area contributed by atoms with Gasteiger partial charge in [0.2, 0.25) is 0 Å². The molecule has 170 valence electrons. The third-order valence-corrected chi connectivity index (χ3v) is 6.38. The number of thiazole rings is 1. The Morgan fingerprint density at radius 2 is 1.79 bits per heavy atom. The normalized spacial score (nSPS) is 11.6. The predicted octanol–water partition coefficient (Wildman–Crippen LogP) is 8.23. The van der Waals surface area contributed by atoms with Crippen LogP contribution < -0.4 is 5.32 Å². The second kappa shape index (κ2) is 9.38. The van der Waals surface area contributed by atoms with E-state index in [0.29, 0.717) is 21.6 Å². The summed E-state index contributed by atoms with van der Waals surface area (Å²) in [5.74, 6) is -0.675. The van der Waals surface area contributed by atoms with Crippen molar-refractivity contribution in [2.24, 2.45) is 0 Å². The summed E-state index contributed by atoms with van der Waals surface area (Å²) < 4.78 is 44.5. The number of benzene rings is 2. The van der Waals surface area contributed by atoms with Gasteiger partial charge in [0.25, 0.3) is 5.91 Å². The summed E-state index contributed by atoms with van der Waals surface area (Å²) in [5.41, 5.74) is -0.0285. The molecule has 1 amide bonds. The molecule has 0 bridgehead atoms. The molecule has 4 aromatic rings. The van der Waals surface area contributed by atoms with Crippen LogP contribution in [-0.2, 0) is 12.6 Å². The molecular formula is C22H12Cl3F3N2O2S.